The second-order valence-electron chi connectivity index (χ2n) is 7.38. The molecule has 3 rings (SSSR count). The van der Waals surface area contributed by atoms with Crippen molar-refractivity contribution in [2.24, 2.45) is 5.92 Å². The van der Waals surface area contributed by atoms with Gasteiger partial charge in [-0.25, -0.2) is 0 Å². The van der Waals surface area contributed by atoms with Crippen LogP contribution in [0.4, 0.5) is 0 Å². The number of nitrogens with zero attached hydrogens (tertiary/aromatic N) is 1. The minimum atomic E-state index is 0.422. The van der Waals surface area contributed by atoms with E-state index in [-0.39, 0.29) is 0 Å². The number of hydrogen-bond donors (Lipinski definition) is 3. The molecule has 4 nitrogen and oxygen atoms in total. The van der Waals surface area contributed by atoms with Gasteiger partial charge in [0.25, 0.3) is 0 Å². The molecule has 23 heavy (non-hydrogen) atoms. The highest BCUT2D eigenvalue weighted by atomic mass is 15.1. The largest absolute Gasteiger partial charge is 0.388 e. The predicted octanol–water partition coefficient (Wildman–Crippen LogP) is 2.46. The maximum Gasteiger partial charge on any atom is 0.0630 e. The summed E-state index contributed by atoms with van der Waals surface area (Å²) in [5.74, 6) is 0.771. The topological polar surface area (TPSA) is 51.2 Å². The summed E-state index contributed by atoms with van der Waals surface area (Å²) in [6, 6.07) is 0.970. The summed E-state index contributed by atoms with van der Waals surface area (Å²) in [7, 11) is 2.18. The van der Waals surface area contributed by atoms with Crippen LogP contribution in [0, 0.1) is 11.3 Å². The van der Waals surface area contributed by atoms with E-state index in [4.69, 9.17) is 5.41 Å². The molecule has 4 heteroatoms. The summed E-state index contributed by atoms with van der Waals surface area (Å²) in [4.78, 5) is 2.38. The molecular formula is C19H30N4. The predicted molar refractivity (Wildman–Crippen MR) is 96.9 cm³/mol. The van der Waals surface area contributed by atoms with Crippen LogP contribution in [0.5, 0.6) is 0 Å². The number of nitrogens with one attached hydrogen (secondary N) is 3. The second kappa shape index (κ2) is 7.45. The highest BCUT2D eigenvalue weighted by Gasteiger charge is 2.22. The van der Waals surface area contributed by atoms with Crippen LogP contribution >= 0.6 is 0 Å². The first kappa shape index (κ1) is 16.5. The Balaban J connectivity index is 1.55. The van der Waals surface area contributed by atoms with Crippen molar-refractivity contribution in [3.63, 3.8) is 0 Å². The molecule has 0 spiro atoms. The fourth-order valence-electron chi connectivity index (χ4n) is 3.58. The van der Waals surface area contributed by atoms with Crippen LogP contribution < -0.4 is 10.6 Å². The van der Waals surface area contributed by atoms with E-state index in [0.29, 0.717) is 17.8 Å². The van der Waals surface area contributed by atoms with Crippen LogP contribution in [0.25, 0.3) is 0 Å². The molecule has 0 aromatic heterocycles. The number of likely N-dealkylation sites (tertiary alicyclic amines) is 1. The van der Waals surface area contributed by atoms with Crippen molar-refractivity contribution in [2.75, 3.05) is 26.7 Å². The Morgan fingerprint density at radius 1 is 1.22 bits per heavy atom. The summed E-state index contributed by atoms with van der Waals surface area (Å²) < 4.78 is 0. The first-order valence-corrected chi connectivity index (χ1v) is 8.98. The van der Waals surface area contributed by atoms with Crippen LogP contribution in [-0.4, -0.2) is 49.4 Å². The first-order chi connectivity index (χ1) is 11.1. The van der Waals surface area contributed by atoms with E-state index < -0.39 is 0 Å². The first-order valence-electron chi connectivity index (χ1n) is 8.98. The molecule has 0 bridgehead atoms. The molecule has 0 radical (unpaired) electrons. The third kappa shape index (κ3) is 4.33. The fourth-order valence-corrected chi connectivity index (χ4v) is 3.58. The van der Waals surface area contributed by atoms with E-state index >= 15 is 0 Å². The Morgan fingerprint density at radius 3 is 2.65 bits per heavy atom. The van der Waals surface area contributed by atoms with Crippen molar-refractivity contribution >= 4 is 5.71 Å². The molecule has 0 saturated carbocycles. The number of hydrogen-bond acceptors (Lipinski definition) is 4. The Hall–Kier alpha value is -1.39. The minimum Gasteiger partial charge on any atom is -0.388 e. The van der Waals surface area contributed by atoms with Gasteiger partial charge in [-0.2, -0.15) is 0 Å². The maximum atomic E-state index is 8.31. The third-order valence-electron chi connectivity index (χ3n) is 5.33. The van der Waals surface area contributed by atoms with Crippen LogP contribution in [0.2, 0.25) is 0 Å². The molecule has 0 aromatic rings. The quantitative estimate of drug-likeness (QED) is 0.750. The molecule has 2 atom stereocenters. The fraction of sp³-hybridized carbons (Fsp3) is 0.632. The lowest BCUT2D eigenvalue weighted by atomic mass is 9.88. The van der Waals surface area contributed by atoms with Crippen LogP contribution in [0.1, 0.15) is 32.6 Å². The summed E-state index contributed by atoms with van der Waals surface area (Å²) in [5.41, 5.74) is 2.89. The van der Waals surface area contributed by atoms with Gasteiger partial charge in [-0.05, 0) is 69.9 Å². The average Bonchev–Trinajstić information content (AvgIpc) is 2.56. The molecule has 1 aliphatic carbocycles. The van der Waals surface area contributed by atoms with Gasteiger partial charge in [-0.15, -0.1) is 0 Å². The summed E-state index contributed by atoms with van der Waals surface area (Å²) >= 11 is 0. The molecule has 2 saturated heterocycles. The van der Waals surface area contributed by atoms with Crippen molar-refractivity contribution in [1.29, 1.82) is 5.41 Å². The Morgan fingerprint density at radius 2 is 2.00 bits per heavy atom. The van der Waals surface area contributed by atoms with Gasteiger partial charge in [-0.3, -0.25) is 0 Å². The van der Waals surface area contributed by atoms with Gasteiger partial charge in [0.2, 0.25) is 0 Å². The second-order valence-corrected chi connectivity index (χ2v) is 7.38. The molecule has 3 aliphatic rings. The van der Waals surface area contributed by atoms with E-state index in [1.165, 1.54) is 31.3 Å². The summed E-state index contributed by atoms with van der Waals surface area (Å²) in [6.45, 7) is 5.70. The van der Waals surface area contributed by atoms with E-state index in [0.717, 1.165) is 31.1 Å². The molecular weight excluding hydrogens is 284 g/mol. The number of allylic oxidation sites excluding steroid dienone is 3. The van der Waals surface area contributed by atoms with Crippen LogP contribution in [0.3, 0.4) is 0 Å². The lowest BCUT2D eigenvalue weighted by molar-refractivity contribution is 0.244. The van der Waals surface area contributed by atoms with Crippen molar-refractivity contribution in [3.8, 4) is 0 Å². The molecule has 2 fully saturated rings. The zero-order valence-corrected chi connectivity index (χ0v) is 14.4. The summed E-state index contributed by atoms with van der Waals surface area (Å²) in [6.07, 6.45) is 13.2. The summed E-state index contributed by atoms with van der Waals surface area (Å²) in [5, 5.41) is 15.4. The van der Waals surface area contributed by atoms with Crippen molar-refractivity contribution in [2.45, 2.75) is 44.7 Å². The Labute approximate surface area is 140 Å². The van der Waals surface area contributed by atoms with Crippen molar-refractivity contribution < 1.29 is 0 Å². The third-order valence-corrected chi connectivity index (χ3v) is 5.33. The molecule has 3 N–H and O–H groups in total. The molecule has 0 aromatic carbocycles. The number of rotatable bonds is 3. The van der Waals surface area contributed by atoms with Crippen molar-refractivity contribution in [1.82, 2.24) is 15.5 Å². The average molecular weight is 314 g/mol. The van der Waals surface area contributed by atoms with E-state index in [2.05, 4.69) is 41.7 Å². The number of piperidine rings is 2. The molecule has 2 aliphatic heterocycles. The van der Waals surface area contributed by atoms with Gasteiger partial charge in [0.15, 0.2) is 0 Å². The highest BCUT2D eigenvalue weighted by molar-refractivity contribution is 6.10. The maximum absolute atomic E-state index is 8.31. The van der Waals surface area contributed by atoms with E-state index in [1.807, 2.05) is 12.3 Å². The monoisotopic (exact) mass is 314 g/mol. The van der Waals surface area contributed by atoms with E-state index in [9.17, 15) is 0 Å². The Kier molecular flexibility index (Phi) is 5.34. The minimum absolute atomic E-state index is 0.422. The van der Waals surface area contributed by atoms with Crippen molar-refractivity contribution in [3.05, 3.63) is 35.6 Å². The SMILES string of the molecule is C[C@H]1CC[C@H](C2=CC(=N)/C(=C\NC3CCN(C)CC3)C=C2)NC1. The lowest BCUT2D eigenvalue weighted by Crippen LogP contribution is -2.39. The molecule has 0 amide bonds. The zero-order valence-electron chi connectivity index (χ0n) is 14.4. The van der Waals surface area contributed by atoms with Gasteiger partial charge in [0.05, 0.1) is 5.71 Å². The standard InChI is InChI=1S/C19H30N4/c1-14-3-6-19(22-12-14)15-4-5-16(18(20)11-15)13-21-17-7-9-23(2)10-8-17/h4-5,11,13-14,17,19-22H,3,6-10,12H2,1-2H3/b16-13-,20-18?/t14-,19+/m0/s1. The van der Waals surface area contributed by atoms with E-state index in [1.54, 1.807) is 0 Å². The van der Waals surface area contributed by atoms with Gasteiger partial charge in [0, 0.05) is 23.9 Å². The van der Waals surface area contributed by atoms with Crippen LogP contribution in [-0.2, 0) is 0 Å². The lowest BCUT2D eigenvalue weighted by Gasteiger charge is -2.30. The molecule has 2 heterocycles. The smallest absolute Gasteiger partial charge is 0.0630 e. The zero-order chi connectivity index (χ0) is 16.2. The highest BCUT2D eigenvalue weighted by Crippen LogP contribution is 2.23. The normalized spacial score (nSPS) is 32.2. The van der Waals surface area contributed by atoms with Gasteiger partial charge in [0.1, 0.15) is 0 Å². The van der Waals surface area contributed by atoms with Crippen LogP contribution in [0.15, 0.2) is 35.6 Å². The van der Waals surface area contributed by atoms with Gasteiger partial charge >= 0.3 is 0 Å². The Bertz CT molecular complexity index is 515. The van der Waals surface area contributed by atoms with Gasteiger partial charge < -0.3 is 20.9 Å². The van der Waals surface area contributed by atoms with Gasteiger partial charge in [-0.1, -0.05) is 19.1 Å². The molecule has 0 unspecified atom stereocenters. The molecule has 126 valence electrons.